The second-order valence-corrected chi connectivity index (χ2v) is 6.46. The van der Waals surface area contributed by atoms with E-state index in [4.69, 9.17) is 11.6 Å². The fourth-order valence-corrected chi connectivity index (χ4v) is 3.21. The van der Waals surface area contributed by atoms with Gasteiger partial charge in [0.15, 0.2) is 0 Å². The lowest BCUT2D eigenvalue weighted by molar-refractivity contribution is 0.0708. The van der Waals surface area contributed by atoms with Crippen molar-refractivity contribution in [2.75, 3.05) is 25.0 Å². The first-order valence-corrected chi connectivity index (χ1v) is 8.21. The quantitative estimate of drug-likeness (QED) is 0.939. The lowest BCUT2D eigenvalue weighted by Crippen LogP contribution is -2.45. The molecule has 1 amide bonds. The number of carbonyl (C=O) groups excluding carboxylic acids is 1. The van der Waals surface area contributed by atoms with Crippen molar-refractivity contribution in [3.63, 3.8) is 0 Å². The van der Waals surface area contributed by atoms with E-state index in [-0.39, 0.29) is 11.9 Å². The van der Waals surface area contributed by atoms with Gasteiger partial charge in [-0.2, -0.15) is 5.10 Å². The number of hydrogen-bond acceptors (Lipinski definition) is 3. The molecule has 0 unspecified atom stereocenters. The number of aromatic amines is 1. The number of halogens is 1. The molecule has 122 valence electrons. The maximum atomic E-state index is 12.6. The molecule has 0 saturated carbocycles. The topological polar surface area (TPSA) is 52.2 Å². The van der Waals surface area contributed by atoms with Crippen LogP contribution in [0, 0.1) is 6.92 Å². The zero-order valence-corrected chi connectivity index (χ0v) is 14.2. The van der Waals surface area contributed by atoms with Gasteiger partial charge in [0.2, 0.25) is 0 Å². The van der Waals surface area contributed by atoms with E-state index < -0.39 is 0 Å². The Bertz CT molecular complexity index is 674. The van der Waals surface area contributed by atoms with Crippen molar-refractivity contribution in [3.8, 4) is 0 Å². The van der Waals surface area contributed by atoms with Gasteiger partial charge in [0, 0.05) is 42.6 Å². The van der Waals surface area contributed by atoms with Gasteiger partial charge in [0.1, 0.15) is 0 Å². The molecule has 0 aliphatic carbocycles. The van der Waals surface area contributed by atoms with Crippen molar-refractivity contribution in [1.82, 2.24) is 15.1 Å². The van der Waals surface area contributed by atoms with E-state index in [1.165, 1.54) is 5.69 Å². The van der Waals surface area contributed by atoms with Crippen LogP contribution < -0.4 is 4.90 Å². The van der Waals surface area contributed by atoms with E-state index in [2.05, 4.69) is 15.1 Å². The van der Waals surface area contributed by atoms with Crippen molar-refractivity contribution in [2.45, 2.75) is 25.8 Å². The summed E-state index contributed by atoms with van der Waals surface area (Å²) in [4.78, 5) is 16.8. The zero-order chi connectivity index (χ0) is 16.4. The highest BCUT2D eigenvalue weighted by atomic mass is 35.5. The third kappa shape index (κ3) is 3.34. The molecule has 1 aromatic carbocycles. The average molecular weight is 333 g/mol. The number of nitrogens with zero attached hydrogens (tertiary/aromatic N) is 3. The Kier molecular flexibility index (Phi) is 4.57. The first kappa shape index (κ1) is 15.9. The highest BCUT2D eigenvalue weighted by Gasteiger charge is 2.27. The molecule has 1 aliphatic heterocycles. The lowest BCUT2D eigenvalue weighted by atomic mass is 10.0. The molecule has 23 heavy (non-hydrogen) atoms. The van der Waals surface area contributed by atoms with E-state index >= 15 is 0 Å². The van der Waals surface area contributed by atoms with Gasteiger partial charge in [-0.25, -0.2) is 0 Å². The summed E-state index contributed by atoms with van der Waals surface area (Å²) < 4.78 is 0. The van der Waals surface area contributed by atoms with Crippen molar-refractivity contribution >= 4 is 23.2 Å². The van der Waals surface area contributed by atoms with Crippen LogP contribution in [0.3, 0.4) is 0 Å². The summed E-state index contributed by atoms with van der Waals surface area (Å²) in [6.45, 7) is 3.75. The lowest BCUT2D eigenvalue weighted by Gasteiger charge is -2.37. The number of amides is 1. The smallest absolute Gasteiger partial charge is 0.257 e. The standard InChI is InChI=1S/C17H21ClN4O/c1-12-16(11-19-20-12)17(23)21(2)14-7-9-22(10-8-14)15-5-3-13(18)4-6-15/h3-6,11,14H,7-10H2,1-2H3,(H,19,20). The number of aryl methyl sites for hydroxylation is 1. The minimum Gasteiger partial charge on any atom is -0.371 e. The number of piperidine rings is 1. The number of hydrogen-bond donors (Lipinski definition) is 1. The first-order chi connectivity index (χ1) is 11.1. The van der Waals surface area contributed by atoms with E-state index in [1.54, 1.807) is 6.20 Å². The average Bonchev–Trinajstić information content (AvgIpc) is 3.00. The number of anilines is 1. The predicted octanol–water partition coefficient (Wildman–Crippen LogP) is 3.11. The number of nitrogens with one attached hydrogen (secondary N) is 1. The second-order valence-electron chi connectivity index (χ2n) is 6.02. The van der Waals surface area contributed by atoms with Crippen LogP contribution in [0.15, 0.2) is 30.5 Å². The largest absolute Gasteiger partial charge is 0.371 e. The number of carbonyl (C=O) groups is 1. The molecule has 6 heteroatoms. The van der Waals surface area contributed by atoms with Gasteiger partial charge in [0.25, 0.3) is 5.91 Å². The van der Waals surface area contributed by atoms with Gasteiger partial charge in [-0.05, 0) is 44.0 Å². The molecule has 0 bridgehead atoms. The highest BCUT2D eigenvalue weighted by molar-refractivity contribution is 6.30. The number of aromatic nitrogens is 2. The summed E-state index contributed by atoms with van der Waals surface area (Å²) in [7, 11) is 1.89. The maximum Gasteiger partial charge on any atom is 0.257 e. The van der Waals surface area contributed by atoms with Crippen molar-refractivity contribution < 1.29 is 4.79 Å². The molecule has 2 aromatic rings. The van der Waals surface area contributed by atoms with Gasteiger partial charge in [0.05, 0.1) is 11.8 Å². The van der Waals surface area contributed by atoms with E-state index in [0.29, 0.717) is 5.56 Å². The molecular weight excluding hydrogens is 312 g/mol. The number of H-pyrrole nitrogens is 1. The molecule has 1 fully saturated rings. The minimum atomic E-state index is 0.0428. The van der Waals surface area contributed by atoms with Gasteiger partial charge >= 0.3 is 0 Å². The number of rotatable bonds is 3. The van der Waals surface area contributed by atoms with Crippen LogP contribution in [0.25, 0.3) is 0 Å². The van der Waals surface area contributed by atoms with E-state index in [0.717, 1.165) is 36.6 Å². The number of benzene rings is 1. The van der Waals surface area contributed by atoms with E-state index in [1.807, 2.05) is 43.1 Å². The predicted molar refractivity (Wildman–Crippen MR) is 92.1 cm³/mol. The van der Waals surface area contributed by atoms with Crippen LogP contribution in [0.1, 0.15) is 28.9 Å². The molecule has 1 aromatic heterocycles. The SMILES string of the molecule is Cc1[nH]ncc1C(=O)N(C)C1CCN(c2ccc(Cl)cc2)CC1. The molecule has 0 atom stereocenters. The van der Waals surface area contributed by atoms with Gasteiger partial charge in [-0.3, -0.25) is 9.89 Å². The zero-order valence-electron chi connectivity index (χ0n) is 13.4. The summed E-state index contributed by atoms with van der Waals surface area (Å²) >= 11 is 5.94. The van der Waals surface area contributed by atoms with E-state index in [9.17, 15) is 4.79 Å². The van der Waals surface area contributed by atoms with Gasteiger partial charge in [-0.15, -0.1) is 0 Å². The molecule has 1 N–H and O–H groups in total. The molecule has 3 rings (SSSR count). The summed E-state index contributed by atoms with van der Waals surface area (Å²) in [6.07, 6.45) is 3.53. The summed E-state index contributed by atoms with van der Waals surface area (Å²) in [5, 5.41) is 7.52. The Balaban J connectivity index is 1.61. The molecule has 2 heterocycles. The Hall–Kier alpha value is -2.01. The fourth-order valence-electron chi connectivity index (χ4n) is 3.09. The van der Waals surface area contributed by atoms with Crippen LogP contribution in [0.2, 0.25) is 5.02 Å². The molecule has 1 aliphatic rings. The Morgan fingerprint density at radius 1 is 1.30 bits per heavy atom. The molecule has 0 spiro atoms. The van der Waals surface area contributed by atoms with Crippen LogP contribution >= 0.6 is 11.6 Å². The van der Waals surface area contributed by atoms with Crippen molar-refractivity contribution in [2.24, 2.45) is 0 Å². The summed E-state index contributed by atoms with van der Waals surface area (Å²) in [5.74, 6) is 0.0428. The normalized spacial score (nSPS) is 15.7. The Morgan fingerprint density at radius 3 is 2.52 bits per heavy atom. The maximum absolute atomic E-state index is 12.6. The Labute approximate surface area is 141 Å². The van der Waals surface area contributed by atoms with Crippen LogP contribution in [0.4, 0.5) is 5.69 Å². The monoisotopic (exact) mass is 332 g/mol. The third-order valence-electron chi connectivity index (χ3n) is 4.58. The third-order valence-corrected chi connectivity index (χ3v) is 4.84. The Morgan fingerprint density at radius 2 is 1.96 bits per heavy atom. The molecular formula is C17H21ClN4O. The van der Waals surface area contributed by atoms with Crippen LogP contribution in [0.5, 0.6) is 0 Å². The molecule has 5 nitrogen and oxygen atoms in total. The fraction of sp³-hybridized carbons (Fsp3) is 0.412. The van der Waals surface area contributed by atoms with Crippen LogP contribution in [-0.4, -0.2) is 47.2 Å². The highest BCUT2D eigenvalue weighted by Crippen LogP contribution is 2.24. The minimum absolute atomic E-state index is 0.0428. The van der Waals surface area contributed by atoms with Crippen LogP contribution in [-0.2, 0) is 0 Å². The van der Waals surface area contributed by atoms with Gasteiger partial charge < -0.3 is 9.80 Å². The van der Waals surface area contributed by atoms with Crippen molar-refractivity contribution in [3.05, 3.63) is 46.7 Å². The van der Waals surface area contributed by atoms with Gasteiger partial charge in [-0.1, -0.05) is 11.6 Å². The summed E-state index contributed by atoms with van der Waals surface area (Å²) in [6, 6.07) is 8.19. The molecule has 1 saturated heterocycles. The second kappa shape index (κ2) is 6.62. The summed E-state index contributed by atoms with van der Waals surface area (Å²) in [5.41, 5.74) is 2.67. The molecule has 0 radical (unpaired) electrons. The van der Waals surface area contributed by atoms with Crippen molar-refractivity contribution in [1.29, 1.82) is 0 Å². The first-order valence-electron chi connectivity index (χ1n) is 7.84.